The van der Waals surface area contributed by atoms with Gasteiger partial charge in [-0.2, -0.15) is 0 Å². The zero-order valence-corrected chi connectivity index (χ0v) is 10.2. The Morgan fingerprint density at radius 3 is 2.43 bits per heavy atom. The second kappa shape index (κ2) is 8.05. The SMILES string of the molecule is CCCCC(O)C(C)CCC=C(C)C. The van der Waals surface area contributed by atoms with Gasteiger partial charge in [0.2, 0.25) is 0 Å². The van der Waals surface area contributed by atoms with Crippen LogP contribution in [-0.4, -0.2) is 11.2 Å². The summed E-state index contributed by atoms with van der Waals surface area (Å²) in [7, 11) is 0. The van der Waals surface area contributed by atoms with E-state index < -0.39 is 0 Å². The quantitative estimate of drug-likeness (QED) is 0.615. The van der Waals surface area contributed by atoms with E-state index in [1.165, 1.54) is 12.0 Å². The fourth-order valence-corrected chi connectivity index (χ4v) is 1.53. The smallest absolute Gasteiger partial charge is 0.0565 e. The second-order valence-corrected chi connectivity index (χ2v) is 4.55. The molecular formula is C13H26O. The van der Waals surface area contributed by atoms with Gasteiger partial charge in [0, 0.05) is 0 Å². The summed E-state index contributed by atoms with van der Waals surface area (Å²) in [6.45, 7) is 8.57. The summed E-state index contributed by atoms with van der Waals surface area (Å²) in [5.74, 6) is 0.442. The van der Waals surface area contributed by atoms with E-state index in [2.05, 4.69) is 33.8 Å². The molecule has 0 spiro atoms. The molecule has 0 heterocycles. The fourth-order valence-electron chi connectivity index (χ4n) is 1.53. The van der Waals surface area contributed by atoms with E-state index in [0.29, 0.717) is 5.92 Å². The van der Waals surface area contributed by atoms with Crippen molar-refractivity contribution in [2.24, 2.45) is 5.92 Å². The fraction of sp³-hybridized carbons (Fsp3) is 0.846. The molecule has 2 unspecified atom stereocenters. The maximum atomic E-state index is 9.79. The van der Waals surface area contributed by atoms with Crippen LogP contribution < -0.4 is 0 Å². The highest BCUT2D eigenvalue weighted by Crippen LogP contribution is 2.16. The predicted molar refractivity (Wildman–Crippen MR) is 63.4 cm³/mol. The van der Waals surface area contributed by atoms with Crippen molar-refractivity contribution in [1.29, 1.82) is 0 Å². The van der Waals surface area contributed by atoms with Crippen molar-refractivity contribution in [3.8, 4) is 0 Å². The van der Waals surface area contributed by atoms with Gasteiger partial charge in [-0.3, -0.25) is 0 Å². The monoisotopic (exact) mass is 198 g/mol. The number of allylic oxidation sites excluding steroid dienone is 2. The average molecular weight is 198 g/mol. The highest BCUT2D eigenvalue weighted by atomic mass is 16.3. The van der Waals surface area contributed by atoms with Gasteiger partial charge in [-0.05, 0) is 39.0 Å². The van der Waals surface area contributed by atoms with Crippen molar-refractivity contribution < 1.29 is 5.11 Å². The van der Waals surface area contributed by atoms with E-state index in [9.17, 15) is 5.11 Å². The number of aliphatic hydroxyl groups excluding tert-OH is 1. The lowest BCUT2D eigenvalue weighted by Crippen LogP contribution is -2.17. The van der Waals surface area contributed by atoms with Crippen LogP contribution in [0.2, 0.25) is 0 Å². The lowest BCUT2D eigenvalue weighted by atomic mass is 9.95. The van der Waals surface area contributed by atoms with Crippen LogP contribution in [0.5, 0.6) is 0 Å². The van der Waals surface area contributed by atoms with Gasteiger partial charge >= 0.3 is 0 Å². The molecule has 1 heteroatoms. The Morgan fingerprint density at radius 1 is 1.29 bits per heavy atom. The Labute approximate surface area is 89.2 Å². The maximum Gasteiger partial charge on any atom is 0.0565 e. The van der Waals surface area contributed by atoms with Crippen LogP contribution in [0, 0.1) is 5.92 Å². The van der Waals surface area contributed by atoms with Gasteiger partial charge in [0.25, 0.3) is 0 Å². The Bertz CT molecular complexity index is 157. The average Bonchev–Trinajstić information content (AvgIpc) is 2.13. The summed E-state index contributed by atoms with van der Waals surface area (Å²) in [5, 5.41) is 9.79. The van der Waals surface area contributed by atoms with Gasteiger partial charge in [0.1, 0.15) is 0 Å². The number of rotatable bonds is 7. The molecule has 0 bridgehead atoms. The molecule has 0 radical (unpaired) electrons. The molecule has 0 aromatic rings. The molecule has 1 nitrogen and oxygen atoms in total. The van der Waals surface area contributed by atoms with Crippen molar-refractivity contribution in [2.75, 3.05) is 0 Å². The Morgan fingerprint density at radius 2 is 1.93 bits per heavy atom. The molecule has 14 heavy (non-hydrogen) atoms. The van der Waals surface area contributed by atoms with Crippen LogP contribution >= 0.6 is 0 Å². The molecule has 0 aliphatic rings. The molecule has 0 aliphatic carbocycles. The summed E-state index contributed by atoms with van der Waals surface area (Å²) < 4.78 is 0. The van der Waals surface area contributed by atoms with Crippen molar-refractivity contribution in [2.45, 2.75) is 65.9 Å². The minimum atomic E-state index is -0.0967. The van der Waals surface area contributed by atoms with Crippen LogP contribution in [0.15, 0.2) is 11.6 Å². The molecule has 2 atom stereocenters. The van der Waals surface area contributed by atoms with E-state index >= 15 is 0 Å². The standard InChI is InChI=1S/C13H26O/c1-5-6-10-13(14)12(4)9-7-8-11(2)3/h8,12-14H,5-7,9-10H2,1-4H3. The molecule has 0 fully saturated rings. The minimum absolute atomic E-state index is 0.0967. The molecule has 0 saturated heterocycles. The first-order chi connectivity index (χ1) is 6.57. The number of unbranched alkanes of at least 4 members (excludes halogenated alkanes) is 1. The molecular weight excluding hydrogens is 172 g/mol. The third-order valence-corrected chi connectivity index (χ3v) is 2.68. The summed E-state index contributed by atoms with van der Waals surface area (Å²) in [4.78, 5) is 0. The largest absolute Gasteiger partial charge is 0.393 e. The van der Waals surface area contributed by atoms with E-state index in [1.807, 2.05) is 0 Å². The van der Waals surface area contributed by atoms with Crippen LogP contribution in [0.3, 0.4) is 0 Å². The number of hydrogen-bond donors (Lipinski definition) is 1. The van der Waals surface area contributed by atoms with Crippen molar-refractivity contribution >= 4 is 0 Å². The Balaban J connectivity index is 3.61. The first kappa shape index (κ1) is 13.7. The van der Waals surface area contributed by atoms with Gasteiger partial charge < -0.3 is 5.11 Å². The van der Waals surface area contributed by atoms with Gasteiger partial charge in [0.05, 0.1) is 6.10 Å². The summed E-state index contributed by atoms with van der Waals surface area (Å²) >= 11 is 0. The zero-order chi connectivity index (χ0) is 11.0. The first-order valence-corrected chi connectivity index (χ1v) is 5.89. The summed E-state index contributed by atoms with van der Waals surface area (Å²) in [5.41, 5.74) is 1.38. The van der Waals surface area contributed by atoms with Crippen molar-refractivity contribution in [3.63, 3.8) is 0 Å². The van der Waals surface area contributed by atoms with Crippen LogP contribution in [0.1, 0.15) is 59.8 Å². The number of aliphatic hydroxyl groups is 1. The second-order valence-electron chi connectivity index (χ2n) is 4.55. The molecule has 1 N–H and O–H groups in total. The Hall–Kier alpha value is -0.300. The van der Waals surface area contributed by atoms with E-state index in [4.69, 9.17) is 0 Å². The van der Waals surface area contributed by atoms with Gasteiger partial charge in [-0.25, -0.2) is 0 Å². The molecule has 0 amide bonds. The van der Waals surface area contributed by atoms with E-state index in [-0.39, 0.29) is 6.10 Å². The molecule has 0 aromatic carbocycles. The van der Waals surface area contributed by atoms with Gasteiger partial charge in [-0.15, -0.1) is 0 Å². The van der Waals surface area contributed by atoms with Gasteiger partial charge in [-0.1, -0.05) is 38.3 Å². The number of hydrogen-bond acceptors (Lipinski definition) is 1. The molecule has 0 aliphatic heterocycles. The van der Waals surface area contributed by atoms with Crippen LogP contribution in [0.4, 0.5) is 0 Å². The molecule has 84 valence electrons. The summed E-state index contributed by atoms with van der Waals surface area (Å²) in [6.07, 6.45) is 7.66. The topological polar surface area (TPSA) is 20.2 Å². The summed E-state index contributed by atoms with van der Waals surface area (Å²) in [6, 6.07) is 0. The predicted octanol–water partition coefficient (Wildman–Crippen LogP) is 3.92. The van der Waals surface area contributed by atoms with E-state index in [0.717, 1.165) is 25.7 Å². The highest BCUT2D eigenvalue weighted by molar-refractivity contribution is 4.92. The Kier molecular flexibility index (Phi) is 7.87. The molecule has 0 saturated carbocycles. The first-order valence-electron chi connectivity index (χ1n) is 5.89. The lowest BCUT2D eigenvalue weighted by molar-refractivity contribution is 0.101. The third-order valence-electron chi connectivity index (χ3n) is 2.68. The van der Waals surface area contributed by atoms with E-state index in [1.54, 1.807) is 0 Å². The van der Waals surface area contributed by atoms with Gasteiger partial charge in [0.15, 0.2) is 0 Å². The zero-order valence-electron chi connectivity index (χ0n) is 10.2. The minimum Gasteiger partial charge on any atom is -0.393 e. The normalized spacial score (nSPS) is 14.9. The van der Waals surface area contributed by atoms with Crippen LogP contribution in [0.25, 0.3) is 0 Å². The third kappa shape index (κ3) is 7.14. The molecule has 0 aromatic heterocycles. The molecule has 0 rings (SSSR count). The maximum absolute atomic E-state index is 9.79. The van der Waals surface area contributed by atoms with Crippen molar-refractivity contribution in [1.82, 2.24) is 0 Å². The highest BCUT2D eigenvalue weighted by Gasteiger charge is 2.12. The lowest BCUT2D eigenvalue weighted by Gasteiger charge is -2.17. The van der Waals surface area contributed by atoms with Crippen molar-refractivity contribution in [3.05, 3.63) is 11.6 Å². The van der Waals surface area contributed by atoms with Crippen LogP contribution in [-0.2, 0) is 0 Å².